The second kappa shape index (κ2) is 6.29. The van der Waals surface area contributed by atoms with Crippen LogP contribution in [-0.2, 0) is 0 Å². The van der Waals surface area contributed by atoms with Crippen LogP contribution in [0.3, 0.4) is 0 Å². The first-order chi connectivity index (χ1) is 8.90. The van der Waals surface area contributed by atoms with E-state index in [2.05, 4.69) is 0 Å². The summed E-state index contributed by atoms with van der Waals surface area (Å²) in [4.78, 5) is 34.3. The zero-order chi connectivity index (χ0) is 14.4. The molecule has 3 N–H and O–H groups in total. The molecule has 0 aliphatic heterocycles. The van der Waals surface area contributed by atoms with Crippen molar-refractivity contribution in [1.82, 2.24) is 9.97 Å². The summed E-state index contributed by atoms with van der Waals surface area (Å²) in [6.07, 6.45) is 0.709. The Morgan fingerprint density at radius 1 is 1.21 bits per heavy atom. The predicted octanol–water partition coefficient (Wildman–Crippen LogP) is 0.896. The van der Waals surface area contributed by atoms with Gasteiger partial charge in [0, 0.05) is 6.20 Å². The van der Waals surface area contributed by atoms with E-state index >= 15 is 0 Å². The van der Waals surface area contributed by atoms with Gasteiger partial charge >= 0.3 is 11.7 Å². The Labute approximate surface area is 106 Å². The van der Waals surface area contributed by atoms with Crippen LogP contribution in [0.4, 0.5) is 4.39 Å². The molecule has 0 aliphatic rings. The first kappa shape index (κ1) is 14.4. The van der Waals surface area contributed by atoms with E-state index in [1.807, 2.05) is 11.9 Å². The highest BCUT2D eigenvalue weighted by Crippen LogP contribution is 2.01. The van der Waals surface area contributed by atoms with Gasteiger partial charge in [0.25, 0.3) is 5.56 Å². The van der Waals surface area contributed by atoms with E-state index in [0.717, 1.165) is 5.56 Å². The topological polar surface area (TPSA) is 103 Å². The SMILES string of the molecule is Cc1ccc(C(=O)O)cc1.O=c1[nH]cc(F)c(=O)[nH]1. The van der Waals surface area contributed by atoms with E-state index in [4.69, 9.17) is 5.11 Å². The average molecular weight is 266 g/mol. The lowest BCUT2D eigenvalue weighted by Gasteiger charge is -1.92. The predicted molar refractivity (Wildman–Crippen MR) is 65.8 cm³/mol. The van der Waals surface area contributed by atoms with Gasteiger partial charge in [-0.15, -0.1) is 0 Å². The Bertz CT molecular complexity index is 673. The number of carboxylic acids is 1. The molecule has 0 aliphatic carbocycles. The maximum absolute atomic E-state index is 12.0. The summed E-state index contributed by atoms with van der Waals surface area (Å²) in [5.74, 6) is -1.87. The van der Waals surface area contributed by atoms with Crippen molar-refractivity contribution >= 4 is 5.97 Å². The van der Waals surface area contributed by atoms with Gasteiger partial charge in [-0.25, -0.2) is 9.59 Å². The smallest absolute Gasteiger partial charge is 0.335 e. The molecule has 0 saturated heterocycles. The van der Waals surface area contributed by atoms with Crippen molar-refractivity contribution < 1.29 is 14.3 Å². The van der Waals surface area contributed by atoms with Crippen LogP contribution in [0.1, 0.15) is 15.9 Å². The molecule has 7 heteroatoms. The van der Waals surface area contributed by atoms with Crippen molar-refractivity contribution in [3.63, 3.8) is 0 Å². The van der Waals surface area contributed by atoms with Gasteiger partial charge < -0.3 is 10.1 Å². The second-order valence-electron chi connectivity index (χ2n) is 3.59. The molecule has 2 rings (SSSR count). The second-order valence-corrected chi connectivity index (χ2v) is 3.59. The number of hydrogen-bond acceptors (Lipinski definition) is 3. The number of hydrogen-bond donors (Lipinski definition) is 3. The zero-order valence-electron chi connectivity index (χ0n) is 9.94. The van der Waals surface area contributed by atoms with Crippen molar-refractivity contribution in [2.75, 3.05) is 0 Å². The monoisotopic (exact) mass is 266 g/mol. The summed E-state index contributed by atoms with van der Waals surface area (Å²) in [5, 5.41) is 8.48. The molecule has 1 aromatic heterocycles. The van der Waals surface area contributed by atoms with Gasteiger partial charge in [-0.05, 0) is 19.1 Å². The van der Waals surface area contributed by atoms with Gasteiger partial charge in [0.1, 0.15) is 0 Å². The van der Waals surface area contributed by atoms with Gasteiger partial charge in [0.2, 0.25) is 5.82 Å². The molecule has 100 valence electrons. The van der Waals surface area contributed by atoms with E-state index in [0.29, 0.717) is 11.8 Å². The van der Waals surface area contributed by atoms with Crippen LogP contribution in [0.5, 0.6) is 0 Å². The van der Waals surface area contributed by atoms with E-state index in [1.54, 1.807) is 29.2 Å². The number of nitrogens with one attached hydrogen (secondary N) is 2. The van der Waals surface area contributed by atoms with Gasteiger partial charge in [0.15, 0.2) is 0 Å². The Kier molecular flexibility index (Phi) is 4.76. The van der Waals surface area contributed by atoms with Crippen LogP contribution in [0.25, 0.3) is 0 Å². The van der Waals surface area contributed by atoms with Crippen LogP contribution < -0.4 is 11.2 Å². The molecule has 2 aromatic rings. The number of carbonyl (C=O) groups is 1. The zero-order valence-corrected chi connectivity index (χ0v) is 9.94. The van der Waals surface area contributed by atoms with Crippen LogP contribution in [0.15, 0.2) is 40.1 Å². The van der Waals surface area contributed by atoms with Crippen molar-refractivity contribution in [3.8, 4) is 0 Å². The minimum absolute atomic E-state index is 0.339. The number of rotatable bonds is 1. The number of benzene rings is 1. The third kappa shape index (κ3) is 4.58. The molecular formula is C12H11FN2O4. The number of aryl methyl sites for hydroxylation is 1. The first-order valence-corrected chi connectivity index (χ1v) is 5.17. The fourth-order valence-corrected chi connectivity index (χ4v) is 1.09. The number of carboxylic acid groups (broad SMARTS) is 1. The minimum Gasteiger partial charge on any atom is -0.478 e. The van der Waals surface area contributed by atoms with Crippen LogP contribution in [0.2, 0.25) is 0 Å². The lowest BCUT2D eigenvalue weighted by Crippen LogP contribution is -2.23. The number of H-pyrrole nitrogens is 2. The van der Waals surface area contributed by atoms with E-state index < -0.39 is 23.0 Å². The molecule has 0 amide bonds. The molecule has 0 fully saturated rings. The summed E-state index contributed by atoms with van der Waals surface area (Å²) in [5.41, 5.74) is -0.296. The van der Waals surface area contributed by atoms with Crippen molar-refractivity contribution in [2.45, 2.75) is 6.92 Å². The number of aromatic nitrogens is 2. The average Bonchev–Trinajstić information content (AvgIpc) is 2.35. The Balaban J connectivity index is 0.000000191. The Morgan fingerprint density at radius 2 is 1.79 bits per heavy atom. The normalized spacial score (nSPS) is 9.37. The Hall–Kier alpha value is -2.70. The third-order valence-corrected chi connectivity index (χ3v) is 2.07. The third-order valence-electron chi connectivity index (χ3n) is 2.07. The van der Waals surface area contributed by atoms with E-state index in [9.17, 15) is 18.8 Å². The lowest BCUT2D eigenvalue weighted by atomic mass is 10.2. The maximum atomic E-state index is 12.0. The maximum Gasteiger partial charge on any atom is 0.335 e. The fraction of sp³-hybridized carbons (Fsp3) is 0.0833. The largest absolute Gasteiger partial charge is 0.478 e. The molecule has 0 spiro atoms. The number of aromatic carboxylic acids is 1. The molecule has 0 radical (unpaired) electrons. The van der Waals surface area contributed by atoms with Crippen molar-refractivity contribution in [2.24, 2.45) is 0 Å². The minimum atomic E-state index is -1.00. The van der Waals surface area contributed by atoms with E-state index in [1.165, 1.54) is 0 Å². The Morgan fingerprint density at radius 3 is 2.21 bits per heavy atom. The van der Waals surface area contributed by atoms with Gasteiger partial charge in [-0.3, -0.25) is 9.78 Å². The summed E-state index contributed by atoms with van der Waals surface area (Å²) in [7, 11) is 0. The standard InChI is InChI=1S/C8H8O2.C4H3FN2O2/c1-6-2-4-7(5-3-6)8(9)10;5-2-1-6-4(9)7-3(2)8/h2-5H,1H3,(H,9,10);1H,(H2,6,7,8,9). The highest BCUT2D eigenvalue weighted by atomic mass is 19.1. The number of aromatic amines is 2. The molecule has 0 atom stereocenters. The molecule has 19 heavy (non-hydrogen) atoms. The quantitative estimate of drug-likeness (QED) is 0.713. The summed E-state index contributed by atoms with van der Waals surface area (Å²) in [6.45, 7) is 1.92. The van der Waals surface area contributed by atoms with Crippen molar-refractivity contribution in [1.29, 1.82) is 0 Å². The van der Waals surface area contributed by atoms with Gasteiger partial charge in [-0.1, -0.05) is 17.7 Å². The summed E-state index contributed by atoms with van der Waals surface area (Å²) >= 11 is 0. The molecular weight excluding hydrogens is 255 g/mol. The molecule has 6 nitrogen and oxygen atoms in total. The molecule has 0 unspecified atom stereocenters. The molecule has 1 heterocycles. The van der Waals surface area contributed by atoms with Crippen LogP contribution >= 0.6 is 0 Å². The summed E-state index contributed by atoms with van der Waals surface area (Å²) in [6, 6.07) is 6.75. The molecule has 0 bridgehead atoms. The van der Waals surface area contributed by atoms with Gasteiger partial charge in [-0.2, -0.15) is 4.39 Å². The van der Waals surface area contributed by atoms with Crippen LogP contribution in [0, 0.1) is 12.7 Å². The molecule has 1 aromatic carbocycles. The van der Waals surface area contributed by atoms with Crippen molar-refractivity contribution in [3.05, 3.63) is 68.2 Å². The lowest BCUT2D eigenvalue weighted by molar-refractivity contribution is 0.0697. The number of halogens is 1. The first-order valence-electron chi connectivity index (χ1n) is 5.17. The van der Waals surface area contributed by atoms with Gasteiger partial charge in [0.05, 0.1) is 5.56 Å². The summed E-state index contributed by atoms with van der Waals surface area (Å²) < 4.78 is 12.0. The van der Waals surface area contributed by atoms with E-state index in [-0.39, 0.29) is 0 Å². The highest BCUT2D eigenvalue weighted by molar-refractivity contribution is 5.87. The molecule has 0 saturated carbocycles. The highest BCUT2D eigenvalue weighted by Gasteiger charge is 1.98. The van der Waals surface area contributed by atoms with Crippen LogP contribution in [-0.4, -0.2) is 21.0 Å². The fourth-order valence-electron chi connectivity index (χ4n) is 1.09.